The van der Waals surface area contributed by atoms with Crippen molar-refractivity contribution < 1.29 is 0 Å². The molecule has 0 aliphatic carbocycles. The van der Waals surface area contributed by atoms with Gasteiger partial charge in [0.05, 0.1) is 0 Å². The van der Waals surface area contributed by atoms with Crippen molar-refractivity contribution in [1.82, 2.24) is 24.9 Å². The summed E-state index contributed by atoms with van der Waals surface area (Å²) < 4.78 is 0. The molecule has 0 saturated carbocycles. The second-order valence-electron chi connectivity index (χ2n) is 25.5. The fourth-order valence-corrected chi connectivity index (χ4v) is 14.3. The topological polar surface area (TPSA) is 34.7 Å². The number of hydrogen-bond donors (Lipinski definition) is 1. The molecule has 8 nitrogen and oxygen atoms in total. The maximum Gasteiger partial charge on any atom is 0.243 e. The van der Waals surface area contributed by atoms with Crippen LogP contribution in [0.5, 0.6) is 0 Å². The molecule has 0 radical (unpaired) electrons. The molecule has 1 N–H and O–H groups in total. The highest BCUT2D eigenvalue weighted by Crippen LogP contribution is 2.40. The van der Waals surface area contributed by atoms with Gasteiger partial charge in [-0.3, -0.25) is 0 Å². The van der Waals surface area contributed by atoms with E-state index in [0.29, 0.717) is 0 Å². The summed E-state index contributed by atoms with van der Waals surface area (Å²) in [5.74, 6) is 0. The second kappa shape index (κ2) is 25.4. The van der Waals surface area contributed by atoms with Gasteiger partial charge >= 0.3 is 0 Å². The third kappa shape index (κ3) is 12.6. The predicted molar refractivity (Wildman–Crippen MR) is 367 cm³/mol. The summed E-state index contributed by atoms with van der Waals surface area (Å²) in [7, 11) is 8.85. The summed E-state index contributed by atoms with van der Waals surface area (Å²) in [6.07, 6.45) is 13.9. The van der Waals surface area contributed by atoms with Gasteiger partial charge in [0.2, 0.25) is 6.71 Å². The van der Waals surface area contributed by atoms with Gasteiger partial charge < -0.3 is 39.6 Å². The number of aryl methyl sites for hydroxylation is 6. The molecular weight excluding hydrogens is 1040 g/mol. The van der Waals surface area contributed by atoms with Gasteiger partial charge in [-0.05, 0) is 225 Å². The van der Waals surface area contributed by atoms with E-state index in [1.807, 2.05) is 0 Å². The van der Waals surface area contributed by atoms with Crippen LogP contribution in [-0.2, 0) is 0 Å². The van der Waals surface area contributed by atoms with Gasteiger partial charge in [0.1, 0.15) is 0 Å². The van der Waals surface area contributed by atoms with Crippen molar-refractivity contribution in [2.24, 2.45) is 0 Å². The van der Waals surface area contributed by atoms with Crippen LogP contribution < -0.4 is 36.4 Å². The molecule has 9 heteroatoms. The smallest absolute Gasteiger partial charge is 0.243 e. The van der Waals surface area contributed by atoms with E-state index in [1.54, 1.807) is 0 Å². The molecule has 0 spiro atoms. The minimum Gasteiger partial charge on any atom is -0.369 e. The lowest BCUT2D eigenvalue weighted by molar-refractivity contribution is 0.370. The van der Waals surface area contributed by atoms with E-state index in [-0.39, 0.29) is 6.71 Å². The molecule has 1 saturated heterocycles. The first kappa shape index (κ1) is 58.2. The average Bonchev–Trinajstić information content (AvgIpc) is 2.90. The number of anilines is 7. The lowest BCUT2D eigenvalue weighted by Crippen LogP contribution is -2.57. The molecule has 7 aromatic rings. The molecule has 0 amide bonds. The maximum absolute atomic E-state index is 3.58. The molecule has 0 unspecified atom stereocenters. The Bertz CT molecular complexity index is 3260. The number of likely N-dealkylation sites (N-methyl/N-ethyl adjacent to an activating group) is 4. The summed E-state index contributed by atoms with van der Waals surface area (Å²) in [5, 5.41) is 3.58. The number of hydrogen-bond acceptors (Lipinski definition) is 8. The van der Waals surface area contributed by atoms with E-state index in [4.69, 9.17) is 0 Å². The van der Waals surface area contributed by atoms with Gasteiger partial charge in [-0.15, -0.1) is 0 Å². The van der Waals surface area contributed by atoms with Gasteiger partial charge in [-0.2, -0.15) is 0 Å². The SMILES string of the molecule is Cc1cc(N2CCNCC2)cc(C)c1B(c1c(C)cc(N(c2ccc(C3=CCN(C)CC3)cc2)c2ccc(C3=CCN(C)CC3)cc2)cc1C)c1c(C)cc(N(c2ccc(C3=CCN(C)CC3)cc2)c2ccc(C3=CCN(C)CC3)cc2)cc1C. The fraction of sp³-hybridized carbons (Fsp3) is 0.342. The van der Waals surface area contributed by atoms with Crippen LogP contribution in [-0.4, -0.2) is 133 Å². The Morgan fingerprint density at radius 1 is 0.329 bits per heavy atom. The first-order chi connectivity index (χ1) is 41.2. The van der Waals surface area contributed by atoms with Crippen LogP contribution >= 0.6 is 0 Å². The lowest BCUT2D eigenvalue weighted by atomic mass is 9.33. The molecule has 7 aromatic carbocycles. The van der Waals surface area contributed by atoms with Gasteiger partial charge in [-0.25, -0.2) is 0 Å². The van der Waals surface area contributed by atoms with E-state index >= 15 is 0 Å². The van der Waals surface area contributed by atoms with Crippen molar-refractivity contribution in [3.05, 3.63) is 213 Å². The number of rotatable bonds is 14. The van der Waals surface area contributed by atoms with Crippen molar-refractivity contribution >= 4 is 85.2 Å². The van der Waals surface area contributed by atoms with E-state index in [1.165, 1.54) is 111 Å². The number of piperazine rings is 1. The molecule has 5 aliphatic heterocycles. The Balaban J connectivity index is 0.979. The second-order valence-corrected chi connectivity index (χ2v) is 25.5. The van der Waals surface area contributed by atoms with Crippen LogP contribution in [0, 0.1) is 41.5 Å². The molecule has 5 heterocycles. The zero-order valence-corrected chi connectivity index (χ0v) is 52.5. The Labute approximate surface area is 509 Å². The van der Waals surface area contributed by atoms with Gasteiger partial charge in [-0.1, -0.05) is 123 Å². The first-order valence-electron chi connectivity index (χ1n) is 31.5. The average molecular weight is 1130 g/mol. The summed E-state index contributed by atoms with van der Waals surface area (Å²) >= 11 is 0. The summed E-state index contributed by atoms with van der Waals surface area (Å²) in [5.41, 5.74) is 31.4. The van der Waals surface area contributed by atoms with Crippen LogP contribution in [0.15, 0.2) is 158 Å². The Morgan fingerprint density at radius 3 is 0.835 bits per heavy atom. The highest BCUT2D eigenvalue weighted by molar-refractivity contribution is 6.97. The standard InChI is InChI=1S/C76H89BN8/c1-53-47-71(83-45-35-78-36-46-83)48-54(2)74(53)77(75-55(3)49-72(50-56(75)4)84(67-19-11-59(12-20-67)63-27-37-79(7)38-28-63)68-21-13-60(14-22-68)64-29-39-80(8)40-30-64)76-57(5)51-73(52-58(76)6)85(69-23-15-61(16-24-69)65-31-41-81(9)42-32-65)70-25-17-62(18-26-70)66-33-43-82(10)44-34-66/h11-27,29,31,33,47-52,78H,28,30,32,34-46H2,1-10H3. The van der Waals surface area contributed by atoms with Crippen LogP contribution in [0.4, 0.5) is 39.8 Å². The normalized spacial score (nSPS) is 17.5. The summed E-state index contributed by atoms with van der Waals surface area (Å²) in [6, 6.07) is 52.4. The molecule has 1 fully saturated rings. The van der Waals surface area contributed by atoms with Crippen LogP contribution in [0.25, 0.3) is 22.3 Å². The zero-order chi connectivity index (χ0) is 58.9. The van der Waals surface area contributed by atoms with Crippen molar-refractivity contribution in [3.8, 4) is 0 Å². The van der Waals surface area contributed by atoms with E-state index in [0.717, 1.165) is 127 Å². The highest BCUT2D eigenvalue weighted by Gasteiger charge is 2.33. The van der Waals surface area contributed by atoms with E-state index in [2.05, 4.69) is 267 Å². The zero-order valence-electron chi connectivity index (χ0n) is 52.5. The molecule has 12 rings (SSSR count). The van der Waals surface area contributed by atoms with Crippen molar-refractivity contribution in [1.29, 1.82) is 0 Å². The highest BCUT2D eigenvalue weighted by atomic mass is 15.2. The quantitative estimate of drug-likeness (QED) is 0.108. The molecule has 0 aromatic heterocycles. The molecule has 5 aliphatic rings. The van der Waals surface area contributed by atoms with Crippen molar-refractivity contribution in [2.75, 3.05) is 121 Å². The Kier molecular flexibility index (Phi) is 17.4. The molecule has 85 heavy (non-hydrogen) atoms. The number of nitrogens with zero attached hydrogens (tertiary/aromatic N) is 7. The van der Waals surface area contributed by atoms with E-state index < -0.39 is 0 Å². The monoisotopic (exact) mass is 1120 g/mol. The lowest BCUT2D eigenvalue weighted by Gasteiger charge is -2.33. The van der Waals surface area contributed by atoms with E-state index in [9.17, 15) is 0 Å². The number of benzene rings is 7. The van der Waals surface area contributed by atoms with Gasteiger partial charge in [0.15, 0.2) is 0 Å². The van der Waals surface area contributed by atoms with Gasteiger partial charge in [0.25, 0.3) is 0 Å². The summed E-state index contributed by atoms with van der Waals surface area (Å²) in [4.78, 5) is 17.1. The number of nitrogens with one attached hydrogen (secondary N) is 1. The molecular formula is C76H89BN8. The van der Waals surface area contributed by atoms with Crippen LogP contribution in [0.2, 0.25) is 0 Å². The van der Waals surface area contributed by atoms with Crippen molar-refractivity contribution in [2.45, 2.75) is 67.2 Å². The van der Waals surface area contributed by atoms with Gasteiger partial charge in [0, 0.05) is 118 Å². The summed E-state index contributed by atoms with van der Waals surface area (Å²) in [6.45, 7) is 26.6. The third-order valence-electron chi connectivity index (χ3n) is 19.2. The minimum atomic E-state index is -0.0181. The minimum absolute atomic E-state index is 0.0181. The van der Waals surface area contributed by atoms with Crippen LogP contribution in [0.1, 0.15) is 81.3 Å². The Hall–Kier alpha value is -7.24. The maximum atomic E-state index is 3.58. The first-order valence-corrected chi connectivity index (χ1v) is 31.5. The molecule has 0 atom stereocenters. The molecule has 436 valence electrons. The van der Waals surface area contributed by atoms with Crippen molar-refractivity contribution in [3.63, 3.8) is 0 Å². The van der Waals surface area contributed by atoms with Crippen LogP contribution in [0.3, 0.4) is 0 Å². The third-order valence-corrected chi connectivity index (χ3v) is 19.2. The predicted octanol–water partition coefficient (Wildman–Crippen LogP) is 13.3. The molecule has 0 bridgehead atoms. The fourth-order valence-electron chi connectivity index (χ4n) is 14.3. The largest absolute Gasteiger partial charge is 0.369 e. The Morgan fingerprint density at radius 2 is 0.588 bits per heavy atom.